The zero-order valence-electron chi connectivity index (χ0n) is 34.5. The normalized spacial score (nSPS) is 26.1. The van der Waals surface area contributed by atoms with E-state index in [2.05, 4.69) is 23.4 Å². The number of amides is 3. The molecule has 12 nitrogen and oxygen atoms in total. The first-order valence-electron chi connectivity index (χ1n) is 21.2. The number of rotatable bonds is 13. The molecule has 1 aromatic heterocycles. The van der Waals surface area contributed by atoms with E-state index in [0.717, 1.165) is 18.4 Å². The Hall–Kier alpha value is -5.09. The molecule has 3 aromatic carbocycles. The number of halogens is 1. The number of para-hydroxylation sites is 1. The van der Waals surface area contributed by atoms with Gasteiger partial charge in [0.1, 0.15) is 23.9 Å². The lowest BCUT2D eigenvalue weighted by molar-refractivity contribution is -0.147. The maximum Gasteiger partial charge on any atom is 0.355 e. The number of likely N-dealkylation sites (tertiary alicyclic amines) is 1. The number of thiophene rings is 1. The van der Waals surface area contributed by atoms with E-state index in [0.29, 0.717) is 53.6 Å². The Morgan fingerprint density at radius 1 is 1.03 bits per heavy atom. The first kappa shape index (κ1) is 42.6. The number of carbonyl (C=O) groups excluding carboxylic acids is 4. The van der Waals surface area contributed by atoms with Crippen molar-refractivity contribution in [3.8, 4) is 11.8 Å². The number of hydrogen-bond acceptors (Lipinski definition) is 9. The maximum atomic E-state index is 16.6. The van der Waals surface area contributed by atoms with Crippen LogP contribution in [0.3, 0.4) is 0 Å². The number of esters is 1. The molecule has 61 heavy (non-hydrogen) atoms. The predicted octanol–water partition coefficient (Wildman–Crippen LogP) is 8.26. The van der Waals surface area contributed by atoms with E-state index in [9.17, 15) is 29.0 Å². The van der Waals surface area contributed by atoms with Gasteiger partial charge in [-0.25, -0.2) is 9.48 Å². The van der Waals surface area contributed by atoms with Crippen LogP contribution in [0.4, 0.5) is 4.39 Å². The Kier molecular flexibility index (Phi) is 12.1. The summed E-state index contributed by atoms with van der Waals surface area (Å²) >= 11 is 1.18. The molecule has 9 atom stereocenters. The summed E-state index contributed by atoms with van der Waals surface area (Å²) in [5, 5.41) is 16.4. The van der Waals surface area contributed by atoms with E-state index < -0.39 is 49.0 Å². The Bertz CT molecular complexity index is 2390. The first-order valence-corrected chi connectivity index (χ1v) is 23.7. The van der Waals surface area contributed by atoms with Crippen molar-refractivity contribution in [1.82, 2.24) is 20.2 Å². The summed E-state index contributed by atoms with van der Waals surface area (Å²) in [6.45, 7) is 5.92. The molecule has 3 amide bonds. The summed E-state index contributed by atoms with van der Waals surface area (Å²) in [6.07, 6.45) is 4.43. The molecule has 0 radical (unpaired) electrons. The number of hydrogen-bond donors (Lipinski definition) is 2. The number of nitrogens with one attached hydrogen (secondary N) is 2. The molecule has 320 valence electrons. The molecule has 4 fully saturated rings. The molecule has 1 saturated carbocycles. The van der Waals surface area contributed by atoms with Crippen LogP contribution in [0, 0.1) is 23.2 Å². The van der Waals surface area contributed by atoms with Crippen LogP contribution in [0.15, 0.2) is 84.9 Å². The molecule has 4 heterocycles. The fourth-order valence-corrected chi connectivity index (χ4v) is 12.5. The van der Waals surface area contributed by atoms with Crippen molar-refractivity contribution in [3.63, 3.8) is 0 Å². The SMILES string of the molecule is CCCOC(=O)[C@H](C)NP(=O)(Oc1ccccc1)[C@H](F)c1ccc2sc(C(=O)NC3C[C@H](C)C[C@H]4CC[C@@H](C(=O)N5C[C@H](c6ccccc6)[C@@H](C#N)C56CC6)N4C3=O)cc2c1. The number of carbonyl (C=O) groups is 4. The van der Waals surface area contributed by atoms with Gasteiger partial charge in [0.2, 0.25) is 17.7 Å². The molecule has 1 aliphatic carbocycles. The highest BCUT2D eigenvalue weighted by atomic mass is 32.1. The number of nitriles is 1. The molecular formula is C46H51FN5O7PS. The average molecular weight is 868 g/mol. The van der Waals surface area contributed by atoms with Crippen LogP contribution >= 0.6 is 18.9 Å². The number of alkyl halides is 1. The van der Waals surface area contributed by atoms with Crippen molar-refractivity contribution in [3.05, 3.63) is 101 Å². The smallest absolute Gasteiger partial charge is 0.355 e. The minimum absolute atomic E-state index is 0.0175. The molecule has 4 aromatic rings. The number of nitrogens with zero attached hydrogens (tertiary/aromatic N) is 3. The lowest BCUT2D eigenvalue weighted by atomic mass is 9.85. The van der Waals surface area contributed by atoms with Crippen molar-refractivity contribution < 1.29 is 37.4 Å². The van der Waals surface area contributed by atoms with Crippen molar-refractivity contribution in [2.24, 2.45) is 11.8 Å². The van der Waals surface area contributed by atoms with Crippen LogP contribution in [0.2, 0.25) is 0 Å². The third-order valence-electron chi connectivity index (χ3n) is 12.7. The van der Waals surface area contributed by atoms with Crippen molar-refractivity contribution in [2.45, 2.75) is 107 Å². The van der Waals surface area contributed by atoms with Gasteiger partial charge in [-0.2, -0.15) is 5.26 Å². The van der Waals surface area contributed by atoms with Crippen LogP contribution in [0.25, 0.3) is 10.1 Å². The van der Waals surface area contributed by atoms with Gasteiger partial charge in [-0.05, 0) is 105 Å². The highest BCUT2D eigenvalue weighted by molar-refractivity contribution is 7.57. The van der Waals surface area contributed by atoms with Crippen LogP contribution < -0.4 is 14.9 Å². The van der Waals surface area contributed by atoms with Gasteiger partial charge in [-0.3, -0.25) is 23.7 Å². The van der Waals surface area contributed by atoms with Crippen molar-refractivity contribution in [1.29, 1.82) is 5.26 Å². The highest BCUT2D eigenvalue weighted by Crippen LogP contribution is 2.59. The zero-order chi connectivity index (χ0) is 43.1. The summed E-state index contributed by atoms with van der Waals surface area (Å²) in [5.41, 5.74) is 0.533. The molecule has 3 aliphatic heterocycles. The topological polar surface area (TPSA) is 158 Å². The molecule has 4 aliphatic rings. The third-order valence-corrected chi connectivity index (χ3v) is 16.0. The van der Waals surface area contributed by atoms with Gasteiger partial charge in [0.25, 0.3) is 5.91 Å². The van der Waals surface area contributed by atoms with Crippen LogP contribution in [0.1, 0.15) is 98.3 Å². The number of benzene rings is 3. The molecule has 15 heteroatoms. The Morgan fingerprint density at radius 2 is 1.75 bits per heavy atom. The Morgan fingerprint density at radius 3 is 2.44 bits per heavy atom. The predicted molar refractivity (Wildman–Crippen MR) is 229 cm³/mol. The van der Waals surface area contributed by atoms with Crippen LogP contribution in [-0.4, -0.2) is 76.3 Å². The molecule has 8 rings (SSSR count). The summed E-state index contributed by atoms with van der Waals surface area (Å²) in [4.78, 5) is 59.6. The van der Waals surface area contributed by atoms with E-state index in [1.54, 1.807) is 47.4 Å². The summed E-state index contributed by atoms with van der Waals surface area (Å²) in [6, 6.07) is 24.0. The lowest BCUT2D eigenvalue weighted by Gasteiger charge is -2.35. The van der Waals surface area contributed by atoms with Crippen molar-refractivity contribution in [2.75, 3.05) is 13.2 Å². The molecule has 3 saturated heterocycles. The van der Waals surface area contributed by atoms with Gasteiger partial charge in [0.15, 0.2) is 0 Å². The summed E-state index contributed by atoms with van der Waals surface area (Å²) in [5.74, 6) is -3.95. The maximum absolute atomic E-state index is 16.6. The van der Waals surface area contributed by atoms with Gasteiger partial charge in [0.05, 0.1) is 29.0 Å². The van der Waals surface area contributed by atoms with Gasteiger partial charge in [-0.1, -0.05) is 68.4 Å². The highest BCUT2D eigenvalue weighted by Gasteiger charge is 2.64. The van der Waals surface area contributed by atoms with Crippen molar-refractivity contribution >= 4 is 52.6 Å². The summed E-state index contributed by atoms with van der Waals surface area (Å²) in [7, 11) is -4.46. The molecule has 2 N–H and O–H groups in total. The fraction of sp³-hybridized carbons (Fsp3) is 0.457. The standard InChI is InChI=1S/C46H51FN5O7PS/c1-4-21-58-45(56)29(3)50-60(57,59-34-13-9-6-10-14-34)41(47)31-15-18-39-32(24-31)25-40(61-39)42(53)49-37-23-28(2)22-33-16-17-38(52(33)43(37)54)44(55)51-27-35(30-11-7-5-8-12-30)36(26-48)46(51)19-20-46/h5-15,18,24-25,28-29,33,35-38,41H,4,16-17,19-23,27H2,1-3H3,(H,49,53)(H,50,57)/t28-,29+,33-,35-,36-,37?,38+,41+,60?/m1/s1. The monoisotopic (exact) mass is 867 g/mol. The zero-order valence-corrected chi connectivity index (χ0v) is 36.2. The van der Waals surface area contributed by atoms with Gasteiger partial charge >= 0.3 is 13.5 Å². The largest absolute Gasteiger partial charge is 0.465 e. The number of ether oxygens (including phenoxy) is 1. The molecule has 2 unspecified atom stereocenters. The van der Waals surface area contributed by atoms with Crippen LogP contribution in [-0.2, 0) is 23.7 Å². The Balaban J connectivity index is 0.994. The molecule has 0 bridgehead atoms. The third kappa shape index (κ3) is 8.32. The van der Waals surface area contributed by atoms with Gasteiger partial charge in [-0.15, -0.1) is 11.3 Å². The molecule has 1 spiro atoms. The quantitative estimate of drug-likeness (QED) is 0.0997. The second-order valence-corrected chi connectivity index (χ2v) is 20.2. The lowest BCUT2D eigenvalue weighted by Crippen LogP contribution is -2.56. The van der Waals surface area contributed by atoms with E-state index in [1.807, 2.05) is 42.2 Å². The van der Waals surface area contributed by atoms with E-state index in [-0.39, 0.29) is 53.5 Å². The fourth-order valence-electron chi connectivity index (χ4n) is 9.66. The second-order valence-electron chi connectivity index (χ2n) is 17.0. The minimum atomic E-state index is -4.46. The van der Waals surface area contributed by atoms with Crippen LogP contribution in [0.5, 0.6) is 5.75 Å². The van der Waals surface area contributed by atoms with E-state index >= 15 is 4.39 Å². The summed E-state index contributed by atoms with van der Waals surface area (Å²) < 4.78 is 42.5. The van der Waals surface area contributed by atoms with Gasteiger partial charge in [0, 0.05) is 23.2 Å². The number of fused-ring (bicyclic) bond motifs is 2. The Labute approximate surface area is 359 Å². The van der Waals surface area contributed by atoms with Gasteiger partial charge < -0.3 is 24.4 Å². The van der Waals surface area contributed by atoms with E-state index in [4.69, 9.17) is 9.26 Å². The van der Waals surface area contributed by atoms with E-state index in [1.165, 1.54) is 30.4 Å². The first-order chi connectivity index (χ1) is 29.4. The second kappa shape index (κ2) is 17.3. The molecular weight excluding hydrogens is 817 g/mol. The average Bonchev–Trinajstić information content (AvgIpc) is 3.62. The minimum Gasteiger partial charge on any atom is -0.465 e.